The zero-order chi connectivity index (χ0) is 12.5. The number of pyridine rings is 1. The van der Waals surface area contributed by atoms with Gasteiger partial charge in [-0.05, 0) is 31.2 Å². The average Bonchev–Trinajstić information content (AvgIpc) is 2.83. The van der Waals surface area contributed by atoms with Gasteiger partial charge in [0.1, 0.15) is 5.82 Å². The first-order valence-corrected chi connectivity index (χ1v) is 6.02. The fraction of sp³-hybridized carbons (Fsp3) is 0.308. The van der Waals surface area contributed by atoms with Crippen LogP contribution in [0.3, 0.4) is 0 Å². The highest BCUT2D eigenvalue weighted by molar-refractivity contribution is 5.82. The van der Waals surface area contributed by atoms with Crippen LogP contribution in [0.1, 0.15) is 6.42 Å². The van der Waals surface area contributed by atoms with E-state index in [1.165, 1.54) is 12.1 Å². The second-order valence-corrected chi connectivity index (χ2v) is 4.58. The molecule has 0 spiro atoms. The molecule has 1 saturated heterocycles. The number of halogens is 1. The third-order valence-corrected chi connectivity index (χ3v) is 3.23. The summed E-state index contributed by atoms with van der Waals surface area (Å²) < 4.78 is 13.9. The van der Waals surface area contributed by atoms with Crippen molar-refractivity contribution in [3.05, 3.63) is 40.4 Å². The Kier molecular flexibility index (Phi) is 2.76. The molecule has 5 heteroatoms. The van der Waals surface area contributed by atoms with Crippen LogP contribution in [-0.2, 0) is 0 Å². The number of rotatable bonds is 2. The molecule has 2 aromatic rings. The second kappa shape index (κ2) is 4.42. The Balaban J connectivity index is 2.00. The summed E-state index contributed by atoms with van der Waals surface area (Å²) in [5.74, 6) is -0.290. The minimum absolute atomic E-state index is 0.178. The van der Waals surface area contributed by atoms with Crippen LogP contribution in [0, 0.1) is 5.82 Å². The van der Waals surface area contributed by atoms with Crippen LogP contribution < -0.4 is 16.2 Å². The van der Waals surface area contributed by atoms with Gasteiger partial charge in [0.2, 0.25) is 5.56 Å². The van der Waals surface area contributed by atoms with E-state index >= 15 is 0 Å². The minimum atomic E-state index is -0.290. The normalized spacial score (nSPS) is 19.3. The Morgan fingerprint density at radius 3 is 3.00 bits per heavy atom. The smallest absolute Gasteiger partial charge is 0.248 e. The molecule has 1 aliphatic heterocycles. The lowest BCUT2D eigenvalue weighted by Gasteiger charge is -2.14. The van der Waals surface area contributed by atoms with Gasteiger partial charge in [0.05, 0.1) is 11.2 Å². The summed E-state index contributed by atoms with van der Waals surface area (Å²) in [6.07, 6.45) is 0.975. The first-order chi connectivity index (χ1) is 8.72. The number of anilines is 1. The molecule has 0 bridgehead atoms. The molecule has 1 unspecified atom stereocenters. The monoisotopic (exact) mass is 247 g/mol. The van der Waals surface area contributed by atoms with Gasteiger partial charge in [-0.3, -0.25) is 4.79 Å². The first-order valence-electron chi connectivity index (χ1n) is 6.02. The van der Waals surface area contributed by atoms with Crippen molar-refractivity contribution in [1.82, 2.24) is 10.3 Å². The van der Waals surface area contributed by atoms with Gasteiger partial charge in [-0.15, -0.1) is 0 Å². The van der Waals surface area contributed by atoms with Gasteiger partial charge >= 0.3 is 0 Å². The van der Waals surface area contributed by atoms with Crippen molar-refractivity contribution < 1.29 is 4.39 Å². The molecule has 3 rings (SSSR count). The van der Waals surface area contributed by atoms with E-state index in [-0.39, 0.29) is 17.4 Å². The average molecular weight is 247 g/mol. The van der Waals surface area contributed by atoms with Crippen molar-refractivity contribution in [2.24, 2.45) is 0 Å². The molecule has 94 valence electrons. The molecule has 18 heavy (non-hydrogen) atoms. The number of nitrogens with one attached hydrogen (secondary N) is 3. The summed E-state index contributed by atoms with van der Waals surface area (Å²) in [7, 11) is 0. The van der Waals surface area contributed by atoms with Crippen molar-refractivity contribution >= 4 is 16.6 Å². The quantitative estimate of drug-likeness (QED) is 0.752. The van der Waals surface area contributed by atoms with E-state index in [1.54, 1.807) is 12.1 Å². The van der Waals surface area contributed by atoms with E-state index in [1.807, 2.05) is 0 Å². The Morgan fingerprint density at radius 1 is 1.33 bits per heavy atom. The number of aromatic nitrogens is 1. The molecule has 1 aliphatic rings. The third-order valence-electron chi connectivity index (χ3n) is 3.23. The lowest BCUT2D eigenvalue weighted by molar-refractivity contribution is 0.627. The minimum Gasteiger partial charge on any atom is -0.379 e. The fourth-order valence-electron chi connectivity index (χ4n) is 2.28. The van der Waals surface area contributed by atoms with E-state index in [0.29, 0.717) is 16.6 Å². The fourth-order valence-corrected chi connectivity index (χ4v) is 2.28. The molecule has 1 atom stereocenters. The van der Waals surface area contributed by atoms with E-state index in [4.69, 9.17) is 0 Å². The number of hydrogen-bond donors (Lipinski definition) is 3. The number of H-pyrrole nitrogens is 1. The summed E-state index contributed by atoms with van der Waals surface area (Å²) in [4.78, 5) is 13.9. The summed E-state index contributed by atoms with van der Waals surface area (Å²) in [6.45, 7) is 1.78. The van der Waals surface area contributed by atoms with Gasteiger partial charge in [-0.1, -0.05) is 0 Å². The van der Waals surface area contributed by atoms with Gasteiger partial charge in [-0.2, -0.15) is 0 Å². The topological polar surface area (TPSA) is 56.9 Å². The van der Waals surface area contributed by atoms with Crippen molar-refractivity contribution in [2.45, 2.75) is 12.5 Å². The molecule has 1 fully saturated rings. The van der Waals surface area contributed by atoms with Crippen molar-refractivity contribution in [3.8, 4) is 0 Å². The summed E-state index contributed by atoms with van der Waals surface area (Å²) >= 11 is 0. The Labute approximate surface area is 103 Å². The highest BCUT2D eigenvalue weighted by atomic mass is 19.1. The summed E-state index contributed by atoms with van der Waals surface area (Å²) in [5.41, 5.74) is 0.915. The molecule has 0 amide bonds. The molecule has 0 radical (unpaired) electrons. The van der Waals surface area contributed by atoms with E-state index in [0.717, 1.165) is 19.5 Å². The molecule has 0 saturated carbocycles. The van der Waals surface area contributed by atoms with Crippen LogP contribution in [0.4, 0.5) is 10.1 Å². The van der Waals surface area contributed by atoms with Crippen molar-refractivity contribution in [3.63, 3.8) is 0 Å². The van der Waals surface area contributed by atoms with Crippen LogP contribution >= 0.6 is 0 Å². The van der Waals surface area contributed by atoms with Gasteiger partial charge in [0.25, 0.3) is 0 Å². The van der Waals surface area contributed by atoms with Gasteiger partial charge < -0.3 is 15.6 Å². The lowest BCUT2D eigenvalue weighted by atomic mass is 10.1. The molecule has 3 N–H and O–H groups in total. The van der Waals surface area contributed by atoms with Crippen LogP contribution in [0.25, 0.3) is 10.9 Å². The van der Waals surface area contributed by atoms with Crippen LogP contribution in [0.15, 0.2) is 29.1 Å². The molecule has 4 nitrogen and oxygen atoms in total. The van der Waals surface area contributed by atoms with Gasteiger partial charge in [0.15, 0.2) is 0 Å². The Morgan fingerprint density at radius 2 is 2.22 bits per heavy atom. The predicted octanol–water partition coefficient (Wildman–Crippen LogP) is 1.44. The van der Waals surface area contributed by atoms with Gasteiger partial charge in [-0.25, -0.2) is 4.39 Å². The van der Waals surface area contributed by atoms with E-state index < -0.39 is 0 Å². The maximum Gasteiger partial charge on any atom is 0.248 e. The molecule has 1 aromatic carbocycles. The number of aromatic amines is 1. The van der Waals surface area contributed by atoms with Crippen molar-refractivity contribution in [2.75, 3.05) is 18.4 Å². The maximum absolute atomic E-state index is 13.9. The summed E-state index contributed by atoms with van der Waals surface area (Å²) in [5, 5.41) is 7.07. The SMILES string of the molecule is O=c1ccc2cc(F)c(NC3CCNC3)cc2[nH]1. The molecule has 0 aliphatic carbocycles. The van der Waals surface area contributed by atoms with E-state index in [2.05, 4.69) is 15.6 Å². The molecular weight excluding hydrogens is 233 g/mol. The number of benzene rings is 1. The summed E-state index contributed by atoms with van der Waals surface area (Å²) in [6, 6.07) is 6.36. The van der Waals surface area contributed by atoms with E-state index in [9.17, 15) is 9.18 Å². The molecule has 1 aromatic heterocycles. The molecule has 2 heterocycles. The lowest BCUT2D eigenvalue weighted by Crippen LogP contribution is -2.22. The second-order valence-electron chi connectivity index (χ2n) is 4.58. The number of fused-ring (bicyclic) bond motifs is 1. The highest BCUT2D eigenvalue weighted by Crippen LogP contribution is 2.22. The van der Waals surface area contributed by atoms with Crippen LogP contribution in [-0.4, -0.2) is 24.1 Å². The Bertz CT molecular complexity index is 632. The highest BCUT2D eigenvalue weighted by Gasteiger charge is 2.16. The predicted molar refractivity (Wildman–Crippen MR) is 69.4 cm³/mol. The van der Waals surface area contributed by atoms with Gasteiger partial charge in [0, 0.05) is 24.0 Å². The third kappa shape index (κ3) is 2.09. The van der Waals surface area contributed by atoms with Crippen molar-refractivity contribution in [1.29, 1.82) is 0 Å². The first kappa shape index (κ1) is 11.2. The molecular formula is C13H14FN3O. The number of hydrogen-bond acceptors (Lipinski definition) is 3. The standard InChI is InChI=1S/C13H14FN3O/c14-10-5-8-1-2-13(18)17-11(8)6-12(10)16-9-3-4-15-7-9/h1-2,5-6,9,15-16H,3-4,7H2,(H,17,18). The largest absolute Gasteiger partial charge is 0.379 e. The van der Waals surface area contributed by atoms with Crippen LogP contribution in [0.5, 0.6) is 0 Å². The zero-order valence-electron chi connectivity index (χ0n) is 9.79. The maximum atomic E-state index is 13.9. The Hall–Kier alpha value is -1.88. The van der Waals surface area contributed by atoms with Crippen LogP contribution in [0.2, 0.25) is 0 Å². The zero-order valence-corrected chi connectivity index (χ0v) is 9.79.